The minimum Gasteiger partial charge on any atom is -0.478 e. The Labute approximate surface area is 113 Å². The first-order valence-corrected chi connectivity index (χ1v) is 6.15. The zero-order valence-corrected chi connectivity index (χ0v) is 11.8. The molecule has 1 aromatic rings. The number of carboxylic acids is 1. The maximum absolute atomic E-state index is 11.3. The van der Waals surface area contributed by atoms with Crippen LogP contribution in [0.2, 0.25) is 0 Å². The van der Waals surface area contributed by atoms with Gasteiger partial charge in [-0.05, 0) is 31.2 Å². The molecule has 0 aliphatic carbocycles. The molecule has 1 unspecified atom stereocenters. The van der Waals surface area contributed by atoms with Crippen molar-refractivity contribution in [2.75, 3.05) is 14.2 Å². The number of nitrogens with one attached hydrogen (secondary N) is 1. The fraction of sp³-hybridized carbons (Fsp3) is 0.429. The third kappa shape index (κ3) is 5.52. The van der Waals surface area contributed by atoms with E-state index in [0.29, 0.717) is 6.42 Å². The Morgan fingerprint density at radius 3 is 2.16 bits per heavy atom. The molecule has 106 valence electrons. The Hall–Kier alpha value is -1.88. The largest absolute Gasteiger partial charge is 0.478 e. The first kappa shape index (κ1) is 17.1. The van der Waals surface area contributed by atoms with Crippen molar-refractivity contribution in [1.82, 2.24) is 5.32 Å². The van der Waals surface area contributed by atoms with E-state index < -0.39 is 12.0 Å². The van der Waals surface area contributed by atoms with E-state index in [1.54, 1.807) is 19.2 Å². The van der Waals surface area contributed by atoms with Gasteiger partial charge in [0.2, 0.25) is 0 Å². The van der Waals surface area contributed by atoms with Crippen molar-refractivity contribution < 1.29 is 19.4 Å². The number of ether oxygens (including phenoxy) is 1. The molecule has 0 spiro atoms. The lowest BCUT2D eigenvalue weighted by Crippen LogP contribution is -2.36. The number of carboxylic acid groups (broad SMARTS) is 1. The van der Waals surface area contributed by atoms with Crippen LogP contribution in [0, 0.1) is 0 Å². The van der Waals surface area contributed by atoms with Gasteiger partial charge in [-0.2, -0.15) is 0 Å². The summed E-state index contributed by atoms with van der Waals surface area (Å²) in [4.78, 5) is 22.0. The SMILES string of the molecule is CC.CNC(Cc1ccc(C(=O)O)cc1)C(=O)OC. The zero-order chi connectivity index (χ0) is 14.8. The van der Waals surface area contributed by atoms with E-state index in [-0.39, 0.29) is 11.5 Å². The van der Waals surface area contributed by atoms with E-state index in [1.165, 1.54) is 19.2 Å². The molecule has 1 atom stereocenters. The van der Waals surface area contributed by atoms with Crippen molar-refractivity contribution in [1.29, 1.82) is 0 Å². The fourth-order valence-corrected chi connectivity index (χ4v) is 1.46. The standard InChI is InChI=1S/C12H15NO4.C2H6/c1-13-10(12(16)17-2)7-8-3-5-9(6-4-8)11(14)15;1-2/h3-6,10,13H,7H2,1-2H3,(H,14,15);1-2H3. The van der Waals surface area contributed by atoms with E-state index in [0.717, 1.165) is 5.56 Å². The van der Waals surface area contributed by atoms with Crippen molar-refractivity contribution in [3.05, 3.63) is 35.4 Å². The van der Waals surface area contributed by atoms with Crippen LogP contribution in [-0.2, 0) is 16.0 Å². The Balaban J connectivity index is 0.00000154. The number of carbonyl (C=O) groups is 2. The van der Waals surface area contributed by atoms with Gasteiger partial charge in [0.15, 0.2) is 0 Å². The molecule has 0 saturated carbocycles. The quantitative estimate of drug-likeness (QED) is 0.794. The Bertz CT molecular complexity index is 400. The molecule has 0 aliphatic rings. The van der Waals surface area contributed by atoms with Gasteiger partial charge < -0.3 is 15.2 Å². The van der Waals surface area contributed by atoms with Crippen molar-refractivity contribution in [2.45, 2.75) is 26.3 Å². The fourth-order valence-electron chi connectivity index (χ4n) is 1.46. The van der Waals surface area contributed by atoms with E-state index in [1.807, 2.05) is 13.8 Å². The van der Waals surface area contributed by atoms with Crippen molar-refractivity contribution in [3.8, 4) is 0 Å². The molecule has 1 rings (SSSR count). The third-order valence-electron chi connectivity index (χ3n) is 2.47. The molecule has 2 N–H and O–H groups in total. The predicted octanol–water partition coefficient (Wildman–Crippen LogP) is 1.71. The molecule has 0 heterocycles. The minimum atomic E-state index is -0.963. The maximum Gasteiger partial charge on any atom is 0.335 e. The second-order valence-corrected chi connectivity index (χ2v) is 3.57. The smallest absolute Gasteiger partial charge is 0.335 e. The lowest BCUT2D eigenvalue weighted by atomic mass is 10.0. The summed E-state index contributed by atoms with van der Waals surface area (Å²) in [6, 6.07) is 5.99. The number of rotatable bonds is 5. The highest BCUT2D eigenvalue weighted by molar-refractivity contribution is 5.87. The van der Waals surface area contributed by atoms with Gasteiger partial charge in [0.05, 0.1) is 12.7 Å². The summed E-state index contributed by atoms with van der Waals surface area (Å²) in [6.07, 6.45) is 0.461. The van der Waals surface area contributed by atoms with Gasteiger partial charge in [-0.25, -0.2) is 4.79 Å². The molecular weight excluding hydrogens is 246 g/mol. The molecule has 0 radical (unpaired) electrons. The van der Waals surface area contributed by atoms with Crippen molar-refractivity contribution in [2.24, 2.45) is 0 Å². The van der Waals surface area contributed by atoms with Gasteiger partial charge in [-0.15, -0.1) is 0 Å². The van der Waals surface area contributed by atoms with Gasteiger partial charge in [0, 0.05) is 0 Å². The van der Waals surface area contributed by atoms with Crippen LogP contribution in [0.25, 0.3) is 0 Å². The van der Waals surface area contributed by atoms with Crippen LogP contribution in [-0.4, -0.2) is 37.2 Å². The summed E-state index contributed by atoms with van der Waals surface area (Å²) in [6.45, 7) is 4.00. The monoisotopic (exact) mass is 267 g/mol. The van der Waals surface area contributed by atoms with Gasteiger partial charge in [0.1, 0.15) is 6.04 Å². The number of hydrogen-bond donors (Lipinski definition) is 2. The number of hydrogen-bond acceptors (Lipinski definition) is 4. The van der Waals surface area contributed by atoms with Crippen molar-refractivity contribution in [3.63, 3.8) is 0 Å². The Morgan fingerprint density at radius 2 is 1.79 bits per heavy atom. The minimum absolute atomic E-state index is 0.229. The zero-order valence-electron chi connectivity index (χ0n) is 11.8. The molecule has 5 heteroatoms. The Morgan fingerprint density at radius 1 is 1.26 bits per heavy atom. The molecule has 19 heavy (non-hydrogen) atoms. The summed E-state index contributed by atoms with van der Waals surface area (Å²) in [7, 11) is 3.01. The summed E-state index contributed by atoms with van der Waals surface area (Å²) in [5, 5.41) is 11.6. The number of carbonyl (C=O) groups excluding carboxylic acids is 1. The van der Waals surface area contributed by atoms with Crippen LogP contribution in [0.5, 0.6) is 0 Å². The van der Waals surface area contributed by atoms with Crippen LogP contribution in [0.15, 0.2) is 24.3 Å². The average Bonchev–Trinajstić information content (AvgIpc) is 2.46. The highest BCUT2D eigenvalue weighted by Crippen LogP contribution is 2.07. The average molecular weight is 267 g/mol. The van der Waals surface area contributed by atoms with Crippen LogP contribution in [0.4, 0.5) is 0 Å². The maximum atomic E-state index is 11.3. The molecule has 0 bridgehead atoms. The normalized spacial score (nSPS) is 10.9. The highest BCUT2D eigenvalue weighted by Gasteiger charge is 2.17. The predicted molar refractivity (Wildman–Crippen MR) is 73.3 cm³/mol. The topological polar surface area (TPSA) is 75.6 Å². The van der Waals surface area contributed by atoms with Gasteiger partial charge in [0.25, 0.3) is 0 Å². The molecule has 1 aromatic carbocycles. The summed E-state index contributed by atoms with van der Waals surface area (Å²) in [5.41, 5.74) is 1.10. The van der Waals surface area contributed by atoms with Crippen LogP contribution in [0.3, 0.4) is 0 Å². The van der Waals surface area contributed by atoms with E-state index in [9.17, 15) is 9.59 Å². The molecule has 0 saturated heterocycles. The number of methoxy groups -OCH3 is 1. The van der Waals surface area contributed by atoms with E-state index in [2.05, 4.69) is 10.1 Å². The van der Waals surface area contributed by atoms with Crippen LogP contribution >= 0.6 is 0 Å². The van der Waals surface area contributed by atoms with Gasteiger partial charge in [-0.3, -0.25) is 4.79 Å². The number of esters is 1. The van der Waals surface area contributed by atoms with Crippen LogP contribution in [0.1, 0.15) is 29.8 Å². The lowest BCUT2D eigenvalue weighted by Gasteiger charge is -2.13. The number of likely N-dealkylation sites (N-methyl/N-ethyl adjacent to an activating group) is 1. The number of benzene rings is 1. The summed E-state index contributed by atoms with van der Waals surface area (Å²) < 4.78 is 4.64. The molecule has 0 aromatic heterocycles. The molecule has 0 fully saturated rings. The third-order valence-corrected chi connectivity index (χ3v) is 2.47. The summed E-state index contributed by atoms with van der Waals surface area (Å²) >= 11 is 0. The summed E-state index contributed by atoms with van der Waals surface area (Å²) in [5.74, 6) is -1.30. The first-order valence-electron chi connectivity index (χ1n) is 6.15. The molecule has 5 nitrogen and oxygen atoms in total. The highest BCUT2D eigenvalue weighted by atomic mass is 16.5. The lowest BCUT2D eigenvalue weighted by molar-refractivity contribution is -0.142. The van der Waals surface area contributed by atoms with E-state index in [4.69, 9.17) is 5.11 Å². The molecule has 0 aliphatic heterocycles. The van der Waals surface area contributed by atoms with Crippen LogP contribution < -0.4 is 5.32 Å². The van der Waals surface area contributed by atoms with E-state index >= 15 is 0 Å². The van der Waals surface area contributed by atoms with Gasteiger partial charge >= 0.3 is 11.9 Å². The second kappa shape index (κ2) is 9.10. The number of aromatic carboxylic acids is 1. The second-order valence-electron chi connectivity index (χ2n) is 3.57. The Kier molecular flexibility index (Phi) is 8.20. The molecular formula is C14H21NO4. The van der Waals surface area contributed by atoms with Crippen molar-refractivity contribution >= 4 is 11.9 Å². The van der Waals surface area contributed by atoms with Gasteiger partial charge in [-0.1, -0.05) is 26.0 Å². The molecule has 0 amide bonds. The first-order chi connectivity index (χ1) is 9.08.